The molecule has 1 spiro atoms. The molecular weight excluding hydrogens is 364 g/mol. The van der Waals surface area contributed by atoms with E-state index in [1.54, 1.807) is 0 Å². The number of ketones is 1. The lowest BCUT2D eigenvalue weighted by Crippen LogP contribution is -2.46. The number of carbonyl (C=O) groups excluding carboxylic acids is 1. The number of Topliss-reactive ketones (excluding diaryl/α,β-unsaturated/α-hetero) is 1. The first-order valence-electron chi connectivity index (χ1n) is 10.2. The van der Waals surface area contributed by atoms with E-state index in [0.29, 0.717) is 34.9 Å². The van der Waals surface area contributed by atoms with E-state index in [9.17, 15) is 4.79 Å². The molecule has 3 aromatic rings. The molecule has 2 aliphatic rings. The van der Waals surface area contributed by atoms with Crippen molar-refractivity contribution in [1.82, 2.24) is 10.1 Å². The number of ether oxygens (including phenoxy) is 1. The van der Waals surface area contributed by atoms with Crippen molar-refractivity contribution in [1.29, 1.82) is 0 Å². The Hall–Kier alpha value is -2.95. The van der Waals surface area contributed by atoms with Gasteiger partial charge in [0.1, 0.15) is 11.4 Å². The van der Waals surface area contributed by atoms with Crippen LogP contribution in [0.5, 0.6) is 5.75 Å². The van der Waals surface area contributed by atoms with Crippen LogP contribution >= 0.6 is 0 Å². The molecule has 2 aromatic carbocycles. The Labute approximate surface area is 170 Å². The van der Waals surface area contributed by atoms with Crippen LogP contribution < -0.4 is 4.74 Å². The molecule has 0 saturated heterocycles. The Balaban J connectivity index is 1.42. The smallest absolute Gasteiger partial charge is 0.258 e. The highest BCUT2D eigenvalue weighted by molar-refractivity contribution is 6.01. The monoisotopic (exact) mass is 388 g/mol. The van der Waals surface area contributed by atoms with Crippen LogP contribution in [-0.2, 0) is 0 Å². The maximum absolute atomic E-state index is 13.0. The van der Waals surface area contributed by atoms with Crippen molar-refractivity contribution in [2.75, 3.05) is 0 Å². The Bertz CT molecular complexity index is 1060. The van der Waals surface area contributed by atoms with E-state index in [2.05, 4.69) is 24.0 Å². The third kappa shape index (κ3) is 3.35. The Morgan fingerprint density at radius 2 is 1.69 bits per heavy atom. The third-order valence-electron chi connectivity index (χ3n) is 6.31. The zero-order valence-corrected chi connectivity index (χ0v) is 16.8. The summed E-state index contributed by atoms with van der Waals surface area (Å²) >= 11 is 0. The van der Waals surface area contributed by atoms with Gasteiger partial charge in [-0.1, -0.05) is 49.3 Å². The summed E-state index contributed by atoms with van der Waals surface area (Å²) < 4.78 is 11.9. The zero-order chi connectivity index (χ0) is 20.1. The quantitative estimate of drug-likeness (QED) is 0.563. The number of aromatic nitrogens is 2. The number of nitrogens with zero attached hydrogens (tertiary/aromatic N) is 2. The first kappa shape index (κ1) is 18.1. The van der Waals surface area contributed by atoms with Gasteiger partial charge in [-0.05, 0) is 49.3 Å². The fraction of sp³-hybridized carbons (Fsp3) is 0.375. The van der Waals surface area contributed by atoms with E-state index < -0.39 is 0 Å². The van der Waals surface area contributed by atoms with Gasteiger partial charge < -0.3 is 9.26 Å². The SMILES string of the molecule is CC1(C)CCC2(CC1)CC(=O)c1cc(-c3nc(-c4ccccc4)no3)ccc1O2. The van der Waals surface area contributed by atoms with Crippen molar-refractivity contribution in [2.24, 2.45) is 5.41 Å². The molecule has 5 nitrogen and oxygen atoms in total. The van der Waals surface area contributed by atoms with Gasteiger partial charge in [-0.15, -0.1) is 0 Å². The van der Waals surface area contributed by atoms with Crippen molar-refractivity contribution in [3.8, 4) is 28.6 Å². The molecule has 1 aliphatic heterocycles. The van der Waals surface area contributed by atoms with Crippen molar-refractivity contribution in [3.05, 3.63) is 54.1 Å². The van der Waals surface area contributed by atoms with Crippen LogP contribution in [0.15, 0.2) is 53.1 Å². The molecule has 5 heteroatoms. The van der Waals surface area contributed by atoms with E-state index >= 15 is 0 Å². The lowest BCUT2D eigenvalue weighted by atomic mass is 9.68. The number of benzene rings is 2. The highest BCUT2D eigenvalue weighted by atomic mass is 16.5. The van der Waals surface area contributed by atoms with Gasteiger partial charge in [0.15, 0.2) is 5.78 Å². The molecule has 1 aliphatic carbocycles. The maximum Gasteiger partial charge on any atom is 0.258 e. The summed E-state index contributed by atoms with van der Waals surface area (Å²) in [7, 11) is 0. The predicted molar refractivity (Wildman–Crippen MR) is 110 cm³/mol. The molecule has 148 valence electrons. The second-order valence-electron chi connectivity index (χ2n) is 9.05. The van der Waals surface area contributed by atoms with E-state index in [0.717, 1.165) is 36.8 Å². The molecule has 1 saturated carbocycles. The molecule has 0 N–H and O–H groups in total. The second-order valence-corrected chi connectivity index (χ2v) is 9.05. The van der Waals surface area contributed by atoms with Crippen molar-refractivity contribution < 1.29 is 14.1 Å². The van der Waals surface area contributed by atoms with Crippen LogP contribution in [-0.4, -0.2) is 21.5 Å². The Morgan fingerprint density at radius 1 is 0.931 bits per heavy atom. The average Bonchev–Trinajstić information content (AvgIpc) is 3.22. The predicted octanol–water partition coefficient (Wildman–Crippen LogP) is 5.71. The van der Waals surface area contributed by atoms with Gasteiger partial charge in [0.05, 0.1) is 12.0 Å². The normalized spacial score (nSPS) is 19.6. The van der Waals surface area contributed by atoms with Crippen molar-refractivity contribution in [2.45, 2.75) is 51.6 Å². The second kappa shape index (κ2) is 6.55. The fourth-order valence-electron chi connectivity index (χ4n) is 4.33. The van der Waals surface area contributed by atoms with E-state index in [1.165, 1.54) is 0 Å². The van der Waals surface area contributed by atoms with Gasteiger partial charge in [0, 0.05) is 11.1 Å². The number of hydrogen-bond acceptors (Lipinski definition) is 5. The van der Waals surface area contributed by atoms with Crippen LogP contribution in [0.1, 0.15) is 56.3 Å². The summed E-state index contributed by atoms with van der Waals surface area (Å²) in [6.45, 7) is 4.58. The molecular formula is C24H24N2O3. The minimum Gasteiger partial charge on any atom is -0.486 e. The largest absolute Gasteiger partial charge is 0.486 e. The molecule has 5 rings (SSSR count). The van der Waals surface area contributed by atoms with Crippen LogP contribution in [0.4, 0.5) is 0 Å². The maximum atomic E-state index is 13.0. The average molecular weight is 388 g/mol. The molecule has 0 unspecified atom stereocenters. The number of carbonyl (C=O) groups is 1. The molecule has 0 amide bonds. The van der Waals surface area contributed by atoms with Gasteiger partial charge in [-0.25, -0.2) is 0 Å². The number of rotatable bonds is 2. The summed E-state index contributed by atoms with van der Waals surface area (Å²) in [6, 6.07) is 15.3. The van der Waals surface area contributed by atoms with Crippen LogP contribution in [0, 0.1) is 5.41 Å². The highest BCUT2D eigenvalue weighted by Crippen LogP contribution is 2.47. The summed E-state index contributed by atoms with van der Waals surface area (Å²) in [5, 5.41) is 4.07. The lowest BCUT2D eigenvalue weighted by Gasteiger charge is -2.45. The summed E-state index contributed by atoms with van der Waals surface area (Å²) in [4.78, 5) is 17.5. The third-order valence-corrected chi connectivity index (χ3v) is 6.31. The summed E-state index contributed by atoms with van der Waals surface area (Å²) in [5.74, 6) is 1.74. The van der Waals surface area contributed by atoms with Gasteiger partial charge in [0.25, 0.3) is 5.89 Å². The number of hydrogen-bond donors (Lipinski definition) is 0. The Morgan fingerprint density at radius 3 is 2.45 bits per heavy atom. The molecule has 1 aromatic heterocycles. The van der Waals surface area contributed by atoms with Crippen molar-refractivity contribution in [3.63, 3.8) is 0 Å². The van der Waals surface area contributed by atoms with Gasteiger partial charge in [0.2, 0.25) is 5.82 Å². The summed E-state index contributed by atoms with van der Waals surface area (Å²) in [6.07, 6.45) is 4.46. The molecule has 0 radical (unpaired) electrons. The van der Waals surface area contributed by atoms with Gasteiger partial charge in [-0.2, -0.15) is 4.98 Å². The van der Waals surface area contributed by atoms with E-state index in [4.69, 9.17) is 9.26 Å². The molecule has 1 fully saturated rings. The summed E-state index contributed by atoms with van der Waals surface area (Å²) in [5.41, 5.74) is 2.22. The molecule has 29 heavy (non-hydrogen) atoms. The van der Waals surface area contributed by atoms with Gasteiger partial charge >= 0.3 is 0 Å². The van der Waals surface area contributed by atoms with Gasteiger partial charge in [-0.3, -0.25) is 4.79 Å². The Kier molecular flexibility index (Phi) is 4.09. The first-order chi connectivity index (χ1) is 13.9. The fourth-order valence-corrected chi connectivity index (χ4v) is 4.33. The zero-order valence-electron chi connectivity index (χ0n) is 16.8. The minimum atomic E-state index is -0.341. The number of fused-ring (bicyclic) bond motifs is 1. The minimum absolute atomic E-state index is 0.135. The topological polar surface area (TPSA) is 65.2 Å². The van der Waals surface area contributed by atoms with Crippen molar-refractivity contribution >= 4 is 5.78 Å². The molecule has 2 heterocycles. The first-order valence-corrected chi connectivity index (χ1v) is 10.2. The molecule has 0 bridgehead atoms. The lowest BCUT2D eigenvalue weighted by molar-refractivity contribution is -0.0129. The van der Waals surface area contributed by atoms with E-state index in [-0.39, 0.29) is 11.4 Å². The molecule has 0 atom stereocenters. The highest BCUT2D eigenvalue weighted by Gasteiger charge is 2.45. The van der Waals surface area contributed by atoms with Crippen LogP contribution in [0.3, 0.4) is 0 Å². The van der Waals surface area contributed by atoms with Crippen LogP contribution in [0.25, 0.3) is 22.8 Å². The van der Waals surface area contributed by atoms with Crippen LogP contribution in [0.2, 0.25) is 0 Å². The standard InChI is InChI=1S/C24H24N2O3/c1-23(2)10-12-24(13-11-23)15-19(27)18-14-17(8-9-20(18)28-24)22-25-21(26-29-22)16-6-4-3-5-7-16/h3-9,14H,10-13,15H2,1-2H3. The van der Waals surface area contributed by atoms with E-state index in [1.807, 2.05) is 48.5 Å².